The normalized spacial score (nSPS) is 21.6. The largest absolute Gasteiger partial charge is 0.316 e. The van der Waals surface area contributed by atoms with Crippen LogP contribution in [0.3, 0.4) is 0 Å². The van der Waals surface area contributed by atoms with E-state index in [9.17, 15) is 4.21 Å². The van der Waals surface area contributed by atoms with Crippen LogP contribution in [0.25, 0.3) is 0 Å². The monoisotopic (exact) mass is 203 g/mol. The number of rotatable bonds is 5. The summed E-state index contributed by atoms with van der Waals surface area (Å²) in [6, 6.07) is 0. The smallest absolute Gasteiger partial charge is 0.0357 e. The van der Waals surface area contributed by atoms with Crippen LogP contribution in [0.4, 0.5) is 0 Å². The van der Waals surface area contributed by atoms with Crippen LogP contribution in [0.1, 0.15) is 32.1 Å². The molecular weight excluding hydrogens is 182 g/mol. The van der Waals surface area contributed by atoms with Gasteiger partial charge in [-0.05, 0) is 25.3 Å². The van der Waals surface area contributed by atoms with E-state index in [1.807, 2.05) is 0 Å². The molecular formula is C10H21NOS. The minimum absolute atomic E-state index is 0.634. The Bertz CT molecular complexity index is 155. The van der Waals surface area contributed by atoms with Crippen LogP contribution in [-0.4, -0.2) is 29.3 Å². The summed E-state index contributed by atoms with van der Waals surface area (Å²) in [6.07, 6.45) is 8.79. The van der Waals surface area contributed by atoms with E-state index in [0.717, 1.165) is 24.8 Å². The Morgan fingerprint density at radius 2 is 2.00 bits per heavy atom. The standard InChI is InChI=1S/C10H21NOS/c1-13(12)8-7-11-9-10-5-3-2-4-6-10/h10-11H,2-9H2,1H3. The van der Waals surface area contributed by atoms with Gasteiger partial charge < -0.3 is 5.32 Å². The molecule has 1 atom stereocenters. The van der Waals surface area contributed by atoms with Crippen molar-refractivity contribution < 1.29 is 4.21 Å². The van der Waals surface area contributed by atoms with E-state index < -0.39 is 10.8 Å². The lowest BCUT2D eigenvalue weighted by molar-refractivity contribution is 0.345. The second-order valence-electron chi connectivity index (χ2n) is 3.99. The second kappa shape index (κ2) is 6.55. The van der Waals surface area contributed by atoms with Crippen LogP contribution < -0.4 is 5.32 Å². The summed E-state index contributed by atoms with van der Waals surface area (Å²) in [7, 11) is -0.634. The molecule has 0 amide bonds. The van der Waals surface area contributed by atoms with Crippen LogP contribution in [0, 0.1) is 5.92 Å². The third-order valence-corrected chi connectivity index (χ3v) is 3.50. The molecule has 1 fully saturated rings. The van der Waals surface area contributed by atoms with Gasteiger partial charge in [-0.1, -0.05) is 19.3 Å². The first-order chi connectivity index (χ1) is 6.29. The maximum absolute atomic E-state index is 10.8. The molecule has 0 aliphatic heterocycles. The Balaban J connectivity index is 1.95. The molecule has 3 heteroatoms. The van der Waals surface area contributed by atoms with Gasteiger partial charge in [0.2, 0.25) is 0 Å². The second-order valence-corrected chi connectivity index (χ2v) is 5.54. The molecule has 0 bridgehead atoms. The van der Waals surface area contributed by atoms with Gasteiger partial charge in [-0.3, -0.25) is 4.21 Å². The Labute approximate surface area is 83.9 Å². The molecule has 0 aromatic rings. The topological polar surface area (TPSA) is 29.1 Å². The molecule has 0 heterocycles. The summed E-state index contributed by atoms with van der Waals surface area (Å²) in [5.41, 5.74) is 0. The van der Waals surface area contributed by atoms with Crippen LogP contribution >= 0.6 is 0 Å². The van der Waals surface area contributed by atoms with E-state index in [1.54, 1.807) is 6.26 Å². The Morgan fingerprint density at radius 1 is 1.31 bits per heavy atom. The molecule has 1 rings (SSSR count). The average molecular weight is 203 g/mol. The lowest BCUT2D eigenvalue weighted by atomic mass is 9.89. The molecule has 0 spiro atoms. The molecule has 1 unspecified atom stereocenters. The first-order valence-corrected chi connectivity index (χ1v) is 7.02. The molecule has 1 aliphatic carbocycles. The van der Waals surface area contributed by atoms with Gasteiger partial charge in [0.25, 0.3) is 0 Å². The molecule has 1 saturated carbocycles. The van der Waals surface area contributed by atoms with Crippen molar-refractivity contribution in [3.05, 3.63) is 0 Å². The number of hydrogen-bond acceptors (Lipinski definition) is 2. The van der Waals surface area contributed by atoms with Crippen molar-refractivity contribution in [2.24, 2.45) is 5.92 Å². The zero-order chi connectivity index (χ0) is 9.52. The van der Waals surface area contributed by atoms with Gasteiger partial charge in [-0.15, -0.1) is 0 Å². The lowest BCUT2D eigenvalue weighted by Crippen LogP contribution is -2.27. The summed E-state index contributed by atoms with van der Waals surface area (Å²) in [5.74, 6) is 1.69. The van der Waals surface area contributed by atoms with E-state index in [0.29, 0.717) is 0 Å². The van der Waals surface area contributed by atoms with E-state index in [2.05, 4.69) is 5.32 Å². The van der Waals surface area contributed by atoms with E-state index >= 15 is 0 Å². The third kappa shape index (κ3) is 5.42. The average Bonchev–Trinajstić information content (AvgIpc) is 2.14. The minimum atomic E-state index is -0.634. The van der Waals surface area contributed by atoms with Crippen LogP contribution in [0.2, 0.25) is 0 Å². The van der Waals surface area contributed by atoms with Gasteiger partial charge in [-0.25, -0.2) is 0 Å². The molecule has 0 aromatic carbocycles. The highest BCUT2D eigenvalue weighted by Crippen LogP contribution is 2.22. The summed E-state index contributed by atoms with van der Waals surface area (Å²) in [4.78, 5) is 0. The van der Waals surface area contributed by atoms with Crippen LogP contribution in [0.15, 0.2) is 0 Å². The van der Waals surface area contributed by atoms with Crippen LogP contribution in [0.5, 0.6) is 0 Å². The molecule has 0 radical (unpaired) electrons. The van der Waals surface area contributed by atoms with E-state index in [-0.39, 0.29) is 0 Å². The van der Waals surface area contributed by atoms with Crippen molar-refractivity contribution in [2.45, 2.75) is 32.1 Å². The molecule has 0 aromatic heterocycles. The van der Waals surface area contributed by atoms with Crippen molar-refractivity contribution in [3.63, 3.8) is 0 Å². The number of hydrogen-bond donors (Lipinski definition) is 1. The third-order valence-electron chi connectivity index (χ3n) is 2.72. The van der Waals surface area contributed by atoms with Gasteiger partial charge in [0.1, 0.15) is 0 Å². The highest BCUT2D eigenvalue weighted by atomic mass is 32.2. The Kier molecular flexibility index (Phi) is 5.63. The fraction of sp³-hybridized carbons (Fsp3) is 1.00. The predicted octanol–water partition coefficient (Wildman–Crippen LogP) is 1.53. The molecule has 13 heavy (non-hydrogen) atoms. The molecule has 1 aliphatic rings. The highest BCUT2D eigenvalue weighted by Gasteiger charge is 2.12. The molecule has 2 nitrogen and oxygen atoms in total. The SMILES string of the molecule is CS(=O)CCNCC1CCCCC1. The van der Waals surface area contributed by atoms with Crippen molar-refractivity contribution >= 4 is 10.8 Å². The molecule has 78 valence electrons. The van der Waals surface area contributed by atoms with E-state index in [4.69, 9.17) is 0 Å². The Hall–Kier alpha value is 0.110. The first kappa shape index (κ1) is 11.2. The zero-order valence-electron chi connectivity index (χ0n) is 8.55. The Morgan fingerprint density at radius 3 is 2.62 bits per heavy atom. The van der Waals surface area contributed by atoms with Gasteiger partial charge in [0.15, 0.2) is 0 Å². The van der Waals surface area contributed by atoms with Crippen molar-refractivity contribution in [1.82, 2.24) is 5.32 Å². The fourth-order valence-electron chi connectivity index (χ4n) is 1.91. The molecule has 0 saturated heterocycles. The summed E-state index contributed by atoms with van der Waals surface area (Å²) < 4.78 is 10.8. The minimum Gasteiger partial charge on any atom is -0.316 e. The summed E-state index contributed by atoms with van der Waals surface area (Å²) in [5, 5.41) is 3.39. The fourth-order valence-corrected chi connectivity index (χ4v) is 2.35. The quantitative estimate of drug-likeness (QED) is 0.687. The number of nitrogens with one attached hydrogen (secondary N) is 1. The van der Waals surface area contributed by atoms with Crippen molar-refractivity contribution in [2.75, 3.05) is 25.1 Å². The first-order valence-electron chi connectivity index (χ1n) is 5.30. The van der Waals surface area contributed by atoms with Crippen molar-refractivity contribution in [1.29, 1.82) is 0 Å². The van der Waals surface area contributed by atoms with Gasteiger partial charge in [-0.2, -0.15) is 0 Å². The predicted molar refractivity (Wildman–Crippen MR) is 58.4 cm³/mol. The van der Waals surface area contributed by atoms with Gasteiger partial charge in [0.05, 0.1) is 0 Å². The maximum atomic E-state index is 10.8. The lowest BCUT2D eigenvalue weighted by Gasteiger charge is -2.21. The van der Waals surface area contributed by atoms with Gasteiger partial charge in [0, 0.05) is 29.4 Å². The summed E-state index contributed by atoms with van der Waals surface area (Å²) in [6.45, 7) is 2.05. The van der Waals surface area contributed by atoms with Crippen LogP contribution in [-0.2, 0) is 10.8 Å². The van der Waals surface area contributed by atoms with Crippen molar-refractivity contribution in [3.8, 4) is 0 Å². The zero-order valence-corrected chi connectivity index (χ0v) is 9.37. The maximum Gasteiger partial charge on any atom is 0.0357 e. The van der Waals surface area contributed by atoms with E-state index in [1.165, 1.54) is 32.1 Å². The highest BCUT2D eigenvalue weighted by molar-refractivity contribution is 7.84. The summed E-state index contributed by atoms with van der Waals surface area (Å²) >= 11 is 0. The van der Waals surface area contributed by atoms with Gasteiger partial charge >= 0.3 is 0 Å². The molecule has 1 N–H and O–H groups in total.